The summed E-state index contributed by atoms with van der Waals surface area (Å²) in [6.45, 7) is 0. The maximum atomic E-state index is 13.8. The molecule has 3 aliphatic rings. The minimum Gasteiger partial charge on any atom is -0.507 e. The van der Waals surface area contributed by atoms with Gasteiger partial charge < -0.3 is 21.1 Å². The van der Waals surface area contributed by atoms with E-state index in [9.17, 15) is 55.9 Å². The lowest BCUT2D eigenvalue weighted by molar-refractivity contribution is -0.384. The number of rotatable bonds is 10. The number of Topliss-reactive ketones (excluding diaryl/α,β-unsaturated/α-hetero) is 1. The molecule has 8 N–H and O–H groups in total. The van der Waals surface area contributed by atoms with Crippen molar-refractivity contribution in [3.8, 4) is 5.75 Å². The SMILES string of the molecule is Nc1c(N=Nc2ccc([N+](=O)[O-])cc2)c(S(=O)(=O)O)cc2c1C(=O)C(=NN=C1C=CC(=NC(O)=C3C=CC(=NNc4ccc(O)c(C(=O)O)c4)C=C3)C=C1)C(S(=O)(=O)O)=C2. The summed E-state index contributed by atoms with van der Waals surface area (Å²) in [6.07, 6.45) is 12.2. The summed E-state index contributed by atoms with van der Waals surface area (Å²) in [6, 6.07) is 9.01. The predicted molar refractivity (Wildman–Crippen MR) is 216 cm³/mol. The smallest absolute Gasteiger partial charge is 0.339 e. The zero-order chi connectivity index (χ0) is 43.5. The second-order valence-electron chi connectivity index (χ2n) is 12.2. The molecule has 3 aromatic carbocycles. The zero-order valence-electron chi connectivity index (χ0n) is 29.8. The Bertz CT molecular complexity index is 2960. The zero-order valence-corrected chi connectivity index (χ0v) is 31.5. The van der Waals surface area contributed by atoms with Gasteiger partial charge in [0, 0.05) is 17.7 Å². The van der Waals surface area contributed by atoms with Crippen LogP contribution in [0.4, 0.5) is 28.4 Å². The monoisotopic (exact) mass is 855 g/mol. The highest BCUT2D eigenvalue weighted by molar-refractivity contribution is 7.91. The fraction of sp³-hybridized carbons (Fsp3) is 0. The molecule has 0 aliphatic heterocycles. The number of nitrogens with two attached hydrogens (primary N) is 1. The summed E-state index contributed by atoms with van der Waals surface area (Å²) < 4.78 is 69.4. The van der Waals surface area contributed by atoms with Crippen molar-refractivity contribution < 1.29 is 55.8 Å². The van der Waals surface area contributed by atoms with Crippen LogP contribution in [0.3, 0.4) is 0 Å². The number of aromatic carboxylic acids is 1. The number of nitro benzene ring substituents is 1. The molecule has 3 aliphatic carbocycles. The Morgan fingerprint density at radius 1 is 0.800 bits per heavy atom. The molecule has 0 unspecified atom stereocenters. The molecular weight excluding hydrogens is 831 g/mol. The molecular formula is C36H25N9O13S2. The number of phenols is 1. The number of non-ortho nitro benzene ring substituents is 1. The van der Waals surface area contributed by atoms with Crippen molar-refractivity contribution in [2.45, 2.75) is 4.90 Å². The van der Waals surface area contributed by atoms with Gasteiger partial charge in [-0.1, -0.05) is 0 Å². The number of carbonyl (C=O) groups excluding carboxylic acids is 1. The molecule has 304 valence electrons. The van der Waals surface area contributed by atoms with Gasteiger partial charge in [0.2, 0.25) is 11.7 Å². The third-order valence-corrected chi connectivity index (χ3v) is 9.93. The van der Waals surface area contributed by atoms with E-state index < -0.39 is 86.6 Å². The van der Waals surface area contributed by atoms with Crippen LogP contribution in [0.5, 0.6) is 5.75 Å². The molecule has 0 heterocycles. The first-order chi connectivity index (χ1) is 28.3. The van der Waals surface area contributed by atoms with Gasteiger partial charge in [-0.3, -0.25) is 29.4 Å². The van der Waals surface area contributed by atoms with Gasteiger partial charge in [0.15, 0.2) is 5.71 Å². The van der Waals surface area contributed by atoms with E-state index in [1.54, 1.807) is 0 Å². The number of carbonyl (C=O) groups is 2. The van der Waals surface area contributed by atoms with Crippen molar-refractivity contribution in [1.82, 2.24) is 0 Å². The molecule has 22 nitrogen and oxygen atoms in total. The van der Waals surface area contributed by atoms with Gasteiger partial charge in [0.1, 0.15) is 26.8 Å². The number of allylic oxidation sites excluding steroid dienone is 10. The number of hydrogen-bond acceptors (Lipinski definition) is 18. The van der Waals surface area contributed by atoms with E-state index in [4.69, 9.17) is 10.8 Å². The number of nitrogens with one attached hydrogen (secondary N) is 1. The first-order valence-electron chi connectivity index (χ1n) is 16.4. The Labute approximate surface area is 336 Å². The van der Waals surface area contributed by atoms with Crippen molar-refractivity contribution >= 4 is 89.3 Å². The third kappa shape index (κ3) is 9.21. The van der Waals surface area contributed by atoms with Crippen LogP contribution in [0.2, 0.25) is 0 Å². The molecule has 0 atom stereocenters. The van der Waals surface area contributed by atoms with E-state index in [2.05, 4.69) is 36.0 Å². The minimum absolute atomic E-state index is 0.0184. The van der Waals surface area contributed by atoms with Crippen LogP contribution in [-0.2, 0) is 20.2 Å². The highest BCUT2D eigenvalue weighted by Gasteiger charge is 2.37. The number of carboxylic acids is 1. The number of aromatic hydroxyl groups is 1. The van der Waals surface area contributed by atoms with E-state index in [1.807, 2.05) is 0 Å². The molecule has 0 spiro atoms. The molecule has 0 saturated carbocycles. The van der Waals surface area contributed by atoms with Crippen LogP contribution in [0.1, 0.15) is 26.3 Å². The molecule has 24 heteroatoms. The highest BCUT2D eigenvalue weighted by Crippen LogP contribution is 2.41. The normalized spacial score (nSPS) is 15.6. The topological polar surface area (TPSA) is 359 Å². The standard InChI is InChI=1S/C36H25N9O13S2/c37-31-30-19(15-28(59(53,54)55)32(31)43-40-23-9-12-25(13-10-23)45(51)52)16-29(60(56,57)58)33(34(30)47)44-41-22-7-5-20(6-8-22)38-35(48)18-1-3-21(4-2-18)39-42-24-11-14-27(46)26(17-24)36(49)50/h1-17,42,46,48H,37H2,(H,49,50)(H,53,54,55)(H,56,57,58). The quantitative estimate of drug-likeness (QED) is 0.0196. The number of anilines is 2. The van der Waals surface area contributed by atoms with Crippen LogP contribution in [-0.4, -0.2) is 80.8 Å². The number of benzene rings is 3. The van der Waals surface area contributed by atoms with Crippen LogP contribution >= 0.6 is 0 Å². The van der Waals surface area contributed by atoms with Crippen LogP contribution in [0, 0.1) is 10.1 Å². The summed E-state index contributed by atoms with van der Waals surface area (Å²) in [5.41, 5.74) is 6.08. The Morgan fingerprint density at radius 2 is 1.43 bits per heavy atom. The lowest BCUT2D eigenvalue weighted by Crippen LogP contribution is -2.27. The number of nitro groups is 1. The van der Waals surface area contributed by atoms with E-state index in [-0.39, 0.29) is 33.9 Å². The van der Waals surface area contributed by atoms with Crippen LogP contribution in [0.25, 0.3) is 6.08 Å². The first-order valence-corrected chi connectivity index (χ1v) is 19.3. The number of hydrogen-bond donors (Lipinski definition) is 7. The maximum absolute atomic E-state index is 13.8. The highest BCUT2D eigenvalue weighted by atomic mass is 32.2. The number of hydrazone groups is 1. The Morgan fingerprint density at radius 3 is 2.03 bits per heavy atom. The summed E-state index contributed by atoms with van der Waals surface area (Å²) in [5, 5.41) is 59.7. The maximum Gasteiger partial charge on any atom is 0.339 e. The van der Waals surface area contributed by atoms with Crippen molar-refractivity contribution in [3.05, 3.63) is 140 Å². The van der Waals surface area contributed by atoms with Crippen molar-refractivity contribution in [3.63, 3.8) is 0 Å². The lowest BCUT2D eigenvalue weighted by Gasteiger charge is -2.19. The summed E-state index contributed by atoms with van der Waals surface area (Å²) >= 11 is 0. The van der Waals surface area contributed by atoms with E-state index in [0.29, 0.717) is 23.5 Å². The van der Waals surface area contributed by atoms with Gasteiger partial charge in [-0.25, -0.2) is 9.79 Å². The largest absolute Gasteiger partial charge is 0.507 e. The van der Waals surface area contributed by atoms with Crippen molar-refractivity contribution in [1.29, 1.82) is 0 Å². The van der Waals surface area contributed by atoms with E-state index in [1.165, 1.54) is 78.9 Å². The number of nitrogen functional groups attached to an aromatic ring is 1. The van der Waals surface area contributed by atoms with Crippen molar-refractivity contribution in [2.75, 3.05) is 11.2 Å². The molecule has 3 aromatic rings. The molecule has 6 rings (SSSR count). The molecule has 0 saturated heterocycles. The average Bonchev–Trinajstić information content (AvgIpc) is 3.19. The number of aliphatic hydroxyl groups excluding tert-OH is 1. The second-order valence-corrected chi connectivity index (χ2v) is 15.0. The minimum atomic E-state index is -5.23. The second kappa shape index (κ2) is 16.4. The van der Waals surface area contributed by atoms with E-state index >= 15 is 0 Å². The number of fused-ring (bicyclic) bond motifs is 1. The predicted octanol–water partition coefficient (Wildman–Crippen LogP) is 5.40. The number of carboxylic acid groups (broad SMARTS) is 1. The Balaban J connectivity index is 1.24. The molecule has 0 bridgehead atoms. The van der Waals surface area contributed by atoms with Crippen LogP contribution < -0.4 is 11.2 Å². The van der Waals surface area contributed by atoms with Crippen molar-refractivity contribution in [2.24, 2.45) is 30.5 Å². The summed E-state index contributed by atoms with van der Waals surface area (Å²) in [7, 11) is -10.4. The number of aliphatic imine (C=N–C) groups is 1. The Hall–Kier alpha value is -8.06. The Kier molecular flexibility index (Phi) is 11.4. The van der Waals surface area contributed by atoms with E-state index in [0.717, 1.165) is 12.1 Å². The lowest BCUT2D eigenvalue weighted by atomic mass is 9.92. The number of ketones is 1. The molecule has 60 heavy (non-hydrogen) atoms. The number of nitrogens with zero attached hydrogens (tertiary/aromatic N) is 7. The summed E-state index contributed by atoms with van der Waals surface area (Å²) in [4.78, 5) is 37.3. The molecule has 0 fully saturated rings. The molecule has 0 amide bonds. The van der Waals surface area contributed by atoms with Gasteiger partial charge >= 0.3 is 5.97 Å². The molecule has 0 radical (unpaired) electrons. The summed E-state index contributed by atoms with van der Waals surface area (Å²) in [5.74, 6) is -3.38. The van der Waals surface area contributed by atoms with Gasteiger partial charge in [0.25, 0.3) is 25.9 Å². The average molecular weight is 856 g/mol. The number of azo groups is 1. The van der Waals surface area contributed by atoms with Crippen LogP contribution in [0.15, 0.2) is 149 Å². The fourth-order valence-electron chi connectivity index (χ4n) is 5.31. The number of aliphatic hydroxyl groups is 1. The molecule has 0 aromatic heterocycles. The van der Waals surface area contributed by atoms with Gasteiger partial charge in [0.05, 0.1) is 44.7 Å². The first kappa shape index (κ1) is 41.6. The van der Waals surface area contributed by atoms with Gasteiger partial charge in [-0.15, -0.1) is 10.2 Å². The third-order valence-electron chi connectivity index (χ3n) is 8.19. The fourth-order valence-corrected chi connectivity index (χ4v) is 6.64. The van der Waals surface area contributed by atoms with Gasteiger partial charge in [-0.05, 0) is 96.6 Å². The van der Waals surface area contributed by atoms with Gasteiger partial charge in [-0.2, -0.15) is 32.2 Å².